The topological polar surface area (TPSA) is 29.1 Å². The Morgan fingerprint density at radius 3 is 2.40 bits per heavy atom. The Labute approximate surface area is 86.4 Å². The smallest absolute Gasteiger partial charge is 0.253 e. The first-order valence-corrected chi connectivity index (χ1v) is 5.29. The summed E-state index contributed by atoms with van der Waals surface area (Å²) < 4.78 is 43.6. The Morgan fingerprint density at radius 2 is 1.93 bits per heavy atom. The van der Waals surface area contributed by atoms with Gasteiger partial charge in [-0.1, -0.05) is 0 Å². The Bertz CT molecular complexity index is 247. The molecule has 2 saturated carbocycles. The fraction of sp³-hybridized carbons (Fsp3) is 1.00. The summed E-state index contributed by atoms with van der Waals surface area (Å²) in [5.41, 5.74) is 0. The highest BCUT2D eigenvalue weighted by atomic mass is 19.3. The second-order valence-corrected chi connectivity index (χ2v) is 4.59. The van der Waals surface area contributed by atoms with Gasteiger partial charge in [0.05, 0.1) is 12.5 Å². The van der Waals surface area contributed by atoms with Gasteiger partial charge in [0.25, 0.3) is 5.92 Å². The van der Waals surface area contributed by atoms with Crippen molar-refractivity contribution in [2.45, 2.75) is 62.5 Å². The summed E-state index contributed by atoms with van der Waals surface area (Å²) in [6.07, 6.45) is -1.75. The van der Waals surface area contributed by atoms with E-state index in [1.54, 1.807) is 0 Å². The first kappa shape index (κ1) is 11.2. The van der Waals surface area contributed by atoms with Gasteiger partial charge in [-0.05, 0) is 12.8 Å². The van der Waals surface area contributed by atoms with Crippen LogP contribution in [0.5, 0.6) is 0 Å². The number of hydrogen-bond acceptors (Lipinski definition) is 1. The van der Waals surface area contributed by atoms with Crippen LogP contribution >= 0.6 is 0 Å². The van der Waals surface area contributed by atoms with E-state index < -0.39 is 36.8 Å². The molecule has 3 unspecified atom stereocenters. The molecule has 2 nitrogen and oxygen atoms in total. The van der Waals surface area contributed by atoms with Crippen LogP contribution in [-0.2, 0) is 9.84 Å². The van der Waals surface area contributed by atoms with E-state index in [2.05, 4.69) is 0 Å². The van der Waals surface area contributed by atoms with Gasteiger partial charge in [0.2, 0.25) is 5.79 Å². The summed E-state index contributed by atoms with van der Waals surface area (Å²) in [5, 5.41) is 11.8. The molecule has 15 heavy (non-hydrogen) atoms. The van der Waals surface area contributed by atoms with Crippen molar-refractivity contribution in [2.75, 3.05) is 0 Å². The van der Waals surface area contributed by atoms with Crippen LogP contribution < -0.4 is 0 Å². The van der Waals surface area contributed by atoms with Crippen LogP contribution in [0.3, 0.4) is 0 Å². The number of alkyl halides is 3. The van der Waals surface area contributed by atoms with Gasteiger partial charge >= 0.3 is 0 Å². The third-order valence-electron chi connectivity index (χ3n) is 3.10. The zero-order chi connectivity index (χ0) is 11.1. The molecule has 0 aromatic heterocycles. The largest absolute Gasteiger partial charge is 0.344 e. The molecule has 0 bridgehead atoms. The molecule has 0 saturated heterocycles. The second-order valence-electron chi connectivity index (χ2n) is 4.59. The minimum absolute atomic E-state index is 0.173. The van der Waals surface area contributed by atoms with Gasteiger partial charge in [0, 0.05) is 19.3 Å². The predicted molar refractivity (Wildman–Crippen MR) is 45.8 cm³/mol. The molecule has 0 spiro atoms. The highest BCUT2D eigenvalue weighted by Crippen LogP contribution is 2.44. The van der Waals surface area contributed by atoms with E-state index in [0.29, 0.717) is 12.8 Å². The third kappa shape index (κ3) is 2.64. The van der Waals surface area contributed by atoms with E-state index in [-0.39, 0.29) is 12.8 Å². The maximum atomic E-state index is 12.8. The average molecular weight is 223 g/mol. The van der Waals surface area contributed by atoms with E-state index in [9.17, 15) is 18.3 Å². The van der Waals surface area contributed by atoms with Gasteiger partial charge in [-0.2, -0.15) is 5.11 Å². The Morgan fingerprint density at radius 1 is 1.20 bits per heavy atom. The number of rotatable bonds is 2. The van der Waals surface area contributed by atoms with Gasteiger partial charge < -0.3 is 4.74 Å². The number of halogens is 3. The molecular formula is C10H14F3O2. The zero-order valence-electron chi connectivity index (χ0n) is 8.35. The van der Waals surface area contributed by atoms with Gasteiger partial charge in [0.15, 0.2) is 0 Å². The highest BCUT2D eigenvalue weighted by molar-refractivity contribution is 4.89. The van der Waals surface area contributed by atoms with E-state index in [0.717, 1.165) is 0 Å². The average Bonchev–Trinajstić information content (AvgIpc) is 2.57. The zero-order valence-corrected chi connectivity index (χ0v) is 8.35. The van der Waals surface area contributed by atoms with Crippen molar-refractivity contribution in [3.05, 3.63) is 0 Å². The molecular weight excluding hydrogens is 209 g/mol. The molecule has 0 aromatic carbocycles. The van der Waals surface area contributed by atoms with E-state index >= 15 is 0 Å². The minimum Gasteiger partial charge on any atom is -0.344 e. The summed E-state index contributed by atoms with van der Waals surface area (Å²) in [5.74, 6) is -4.90. The van der Waals surface area contributed by atoms with Crippen molar-refractivity contribution in [1.82, 2.24) is 0 Å². The molecule has 87 valence electrons. The summed E-state index contributed by atoms with van der Waals surface area (Å²) in [6, 6.07) is 0. The van der Waals surface area contributed by atoms with Crippen LogP contribution in [-0.4, -0.2) is 24.0 Å². The first-order chi connectivity index (χ1) is 6.89. The molecule has 0 aromatic rings. The maximum absolute atomic E-state index is 12.8. The molecule has 2 fully saturated rings. The van der Waals surface area contributed by atoms with Crippen molar-refractivity contribution in [2.24, 2.45) is 0 Å². The van der Waals surface area contributed by atoms with E-state index in [1.807, 2.05) is 0 Å². The van der Waals surface area contributed by atoms with Gasteiger partial charge in [-0.15, -0.1) is 0 Å². The highest BCUT2D eigenvalue weighted by Gasteiger charge is 2.52. The van der Waals surface area contributed by atoms with Crippen LogP contribution in [0.1, 0.15) is 38.5 Å². The quantitative estimate of drug-likeness (QED) is 0.662. The number of ether oxygens (including phenoxy) is 1. The Balaban J connectivity index is 1.89. The van der Waals surface area contributed by atoms with Gasteiger partial charge in [0.1, 0.15) is 6.17 Å². The van der Waals surface area contributed by atoms with Crippen LogP contribution in [0.15, 0.2) is 0 Å². The monoisotopic (exact) mass is 223 g/mol. The maximum Gasteiger partial charge on any atom is 0.253 e. The molecule has 0 amide bonds. The molecule has 0 aliphatic heterocycles. The molecule has 2 aliphatic carbocycles. The lowest BCUT2D eigenvalue weighted by atomic mass is 10.2. The predicted octanol–water partition coefficient (Wildman–Crippen LogP) is 2.84. The van der Waals surface area contributed by atoms with Gasteiger partial charge in [-0.25, -0.2) is 13.2 Å². The number of hydrogen-bond donors (Lipinski definition) is 0. The molecule has 2 rings (SSSR count). The fourth-order valence-corrected chi connectivity index (χ4v) is 2.34. The second kappa shape index (κ2) is 3.63. The SMILES string of the molecule is [O]C1(OC2CCC(F)C2)CCC(F)(F)C1. The Hall–Kier alpha value is -0.290. The van der Waals surface area contributed by atoms with Crippen molar-refractivity contribution >= 4 is 0 Å². The lowest BCUT2D eigenvalue weighted by Gasteiger charge is -2.24. The van der Waals surface area contributed by atoms with Crippen molar-refractivity contribution in [3.63, 3.8) is 0 Å². The standard InChI is InChI=1S/C10H14F3O2/c11-7-1-2-8(5-7)15-10(14)4-3-9(12,13)6-10/h7-8H,1-6H2. The molecule has 0 N–H and O–H groups in total. The molecule has 3 atom stereocenters. The summed E-state index contributed by atoms with van der Waals surface area (Å²) >= 11 is 0. The molecule has 1 radical (unpaired) electrons. The van der Waals surface area contributed by atoms with Gasteiger partial charge in [-0.3, -0.25) is 0 Å². The van der Waals surface area contributed by atoms with Crippen molar-refractivity contribution in [3.8, 4) is 0 Å². The molecule has 5 heteroatoms. The lowest BCUT2D eigenvalue weighted by Crippen LogP contribution is -2.33. The van der Waals surface area contributed by atoms with Crippen molar-refractivity contribution in [1.29, 1.82) is 0 Å². The third-order valence-corrected chi connectivity index (χ3v) is 3.10. The van der Waals surface area contributed by atoms with Crippen molar-refractivity contribution < 1.29 is 23.0 Å². The van der Waals surface area contributed by atoms with Crippen LogP contribution in [0.4, 0.5) is 13.2 Å². The summed E-state index contributed by atoms with van der Waals surface area (Å²) in [7, 11) is 0. The minimum atomic E-state index is -2.91. The summed E-state index contributed by atoms with van der Waals surface area (Å²) in [6.45, 7) is 0. The van der Waals surface area contributed by atoms with Crippen LogP contribution in [0.2, 0.25) is 0 Å². The van der Waals surface area contributed by atoms with Crippen LogP contribution in [0, 0.1) is 0 Å². The molecule has 2 aliphatic rings. The Kier molecular flexibility index (Phi) is 2.71. The fourth-order valence-electron chi connectivity index (χ4n) is 2.34. The molecule has 0 heterocycles. The van der Waals surface area contributed by atoms with Crippen LogP contribution in [0.25, 0.3) is 0 Å². The van der Waals surface area contributed by atoms with E-state index in [4.69, 9.17) is 4.74 Å². The normalized spacial score (nSPS) is 44.8. The lowest BCUT2D eigenvalue weighted by molar-refractivity contribution is -0.266. The first-order valence-electron chi connectivity index (χ1n) is 5.29. The van der Waals surface area contributed by atoms with E-state index in [1.165, 1.54) is 0 Å². The summed E-state index contributed by atoms with van der Waals surface area (Å²) in [4.78, 5) is 0.